The molecule has 2 aliphatic rings. The summed E-state index contributed by atoms with van der Waals surface area (Å²) in [7, 11) is 0. The zero-order valence-corrected chi connectivity index (χ0v) is 16.5. The number of carboxylic acid groups (broad SMARTS) is 1. The van der Waals surface area contributed by atoms with Gasteiger partial charge in [0, 0.05) is 24.1 Å². The van der Waals surface area contributed by atoms with E-state index in [2.05, 4.69) is 0 Å². The fourth-order valence-electron chi connectivity index (χ4n) is 4.31. The van der Waals surface area contributed by atoms with Crippen LogP contribution in [-0.4, -0.2) is 41.3 Å². The van der Waals surface area contributed by atoms with E-state index < -0.39 is 36.7 Å². The van der Waals surface area contributed by atoms with E-state index in [0.717, 1.165) is 23.3 Å². The van der Waals surface area contributed by atoms with Gasteiger partial charge in [-0.15, -0.1) is 0 Å². The van der Waals surface area contributed by atoms with Gasteiger partial charge in [-0.1, -0.05) is 30.3 Å². The number of nitrogens with zero attached hydrogens (tertiary/aromatic N) is 1. The van der Waals surface area contributed by atoms with E-state index in [1.54, 1.807) is 0 Å². The maximum Gasteiger partial charge on any atom is 0.290 e. The number of halogens is 4. The highest BCUT2D eigenvalue weighted by atomic mass is 19.3. The zero-order valence-electron chi connectivity index (χ0n) is 16.5. The first-order chi connectivity index (χ1) is 14.7. The number of carbonyl (C=O) groups excluding carboxylic acids is 1. The summed E-state index contributed by atoms with van der Waals surface area (Å²) in [6.07, 6.45) is 0.650. The van der Waals surface area contributed by atoms with Crippen LogP contribution in [0.3, 0.4) is 0 Å². The summed E-state index contributed by atoms with van der Waals surface area (Å²) in [5.41, 5.74) is 8.24. The Labute approximate surface area is 176 Å². The Hall–Kier alpha value is -2.78. The molecule has 0 bridgehead atoms. The normalized spacial score (nSPS) is 22.5. The highest BCUT2D eigenvalue weighted by Crippen LogP contribution is 2.40. The zero-order chi connectivity index (χ0) is 22.8. The summed E-state index contributed by atoms with van der Waals surface area (Å²) in [6, 6.07) is 9.00. The average molecular weight is 438 g/mol. The van der Waals surface area contributed by atoms with Crippen LogP contribution in [0.4, 0.5) is 17.6 Å². The van der Waals surface area contributed by atoms with Crippen molar-refractivity contribution < 1.29 is 32.3 Å². The van der Waals surface area contributed by atoms with Crippen molar-refractivity contribution in [2.24, 2.45) is 11.7 Å². The van der Waals surface area contributed by atoms with Gasteiger partial charge in [0.15, 0.2) is 5.78 Å². The predicted molar refractivity (Wildman–Crippen MR) is 105 cm³/mol. The molecule has 1 aliphatic carbocycles. The highest BCUT2D eigenvalue weighted by Gasteiger charge is 2.49. The first-order valence-electron chi connectivity index (χ1n) is 9.67. The number of rotatable bonds is 5. The van der Waals surface area contributed by atoms with Gasteiger partial charge in [0.2, 0.25) is 0 Å². The molecule has 0 aromatic heterocycles. The van der Waals surface area contributed by atoms with E-state index in [9.17, 15) is 22.4 Å². The van der Waals surface area contributed by atoms with E-state index in [1.807, 2.05) is 24.3 Å². The van der Waals surface area contributed by atoms with Crippen LogP contribution in [0.25, 0.3) is 0 Å². The molecule has 1 unspecified atom stereocenters. The maximum atomic E-state index is 14.3. The summed E-state index contributed by atoms with van der Waals surface area (Å²) in [5.74, 6) is -5.16. The summed E-state index contributed by atoms with van der Waals surface area (Å²) < 4.78 is 54.5. The minimum Gasteiger partial charge on any atom is -0.483 e. The Morgan fingerprint density at radius 3 is 2.45 bits per heavy atom. The highest BCUT2D eigenvalue weighted by molar-refractivity contribution is 5.86. The van der Waals surface area contributed by atoms with Crippen LogP contribution >= 0.6 is 0 Å². The number of benzene rings is 2. The molecule has 9 heteroatoms. The van der Waals surface area contributed by atoms with Crippen molar-refractivity contribution in [2.75, 3.05) is 13.1 Å². The molecule has 5 nitrogen and oxygen atoms in total. The third-order valence-corrected chi connectivity index (χ3v) is 5.66. The van der Waals surface area contributed by atoms with Crippen LogP contribution < -0.4 is 5.73 Å². The van der Waals surface area contributed by atoms with Gasteiger partial charge in [-0.3, -0.25) is 14.5 Å². The summed E-state index contributed by atoms with van der Waals surface area (Å²) in [4.78, 5) is 22.7. The van der Waals surface area contributed by atoms with Crippen molar-refractivity contribution in [3.05, 3.63) is 70.8 Å². The SMILES string of the molecule is N[C@H]1c2ccccc2C[C@@H]1CC(=O)C(c1ccc(F)cc1F)N1CC(F)(F)C1.O=CO. The fourth-order valence-corrected chi connectivity index (χ4v) is 4.31. The van der Waals surface area contributed by atoms with Gasteiger partial charge >= 0.3 is 0 Å². The monoisotopic (exact) mass is 438 g/mol. The van der Waals surface area contributed by atoms with E-state index >= 15 is 0 Å². The predicted octanol–water partition coefficient (Wildman–Crippen LogP) is 3.49. The number of fused-ring (bicyclic) bond motifs is 1. The minimum absolute atomic E-state index is 0.0411. The lowest BCUT2D eigenvalue weighted by atomic mass is 9.88. The van der Waals surface area contributed by atoms with Crippen LogP contribution in [-0.2, 0) is 16.0 Å². The largest absolute Gasteiger partial charge is 0.483 e. The van der Waals surface area contributed by atoms with Gasteiger partial charge in [0.1, 0.15) is 11.6 Å². The van der Waals surface area contributed by atoms with E-state index in [4.69, 9.17) is 15.6 Å². The molecule has 2 aromatic carbocycles. The molecule has 1 fully saturated rings. The molecular weight excluding hydrogens is 416 g/mol. The topological polar surface area (TPSA) is 83.6 Å². The van der Waals surface area contributed by atoms with Crippen LogP contribution in [0.1, 0.15) is 35.2 Å². The lowest BCUT2D eigenvalue weighted by Crippen LogP contribution is -2.58. The molecule has 1 saturated heterocycles. The Morgan fingerprint density at radius 1 is 1.23 bits per heavy atom. The van der Waals surface area contributed by atoms with Gasteiger partial charge in [-0.2, -0.15) is 0 Å². The van der Waals surface area contributed by atoms with E-state index in [0.29, 0.717) is 12.5 Å². The first kappa shape index (κ1) is 22.9. The molecule has 1 aliphatic heterocycles. The van der Waals surface area contributed by atoms with Crippen molar-refractivity contribution in [3.8, 4) is 0 Å². The molecule has 31 heavy (non-hydrogen) atoms. The number of likely N-dealkylation sites (tertiary alicyclic amines) is 1. The van der Waals surface area contributed by atoms with Crippen molar-refractivity contribution >= 4 is 12.3 Å². The molecule has 2 aromatic rings. The average Bonchev–Trinajstić information content (AvgIpc) is 2.99. The number of hydrogen-bond acceptors (Lipinski definition) is 4. The van der Waals surface area contributed by atoms with Crippen molar-refractivity contribution in [1.82, 2.24) is 4.90 Å². The van der Waals surface area contributed by atoms with Gasteiger partial charge in [-0.05, 0) is 29.5 Å². The minimum atomic E-state index is -2.91. The molecule has 1 heterocycles. The molecule has 0 spiro atoms. The third kappa shape index (κ3) is 4.94. The number of nitrogens with two attached hydrogens (primary N) is 1. The second-order valence-corrected chi connectivity index (χ2v) is 7.79. The van der Waals surface area contributed by atoms with Gasteiger partial charge in [-0.25, -0.2) is 17.6 Å². The van der Waals surface area contributed by atoms with Crippen molar-refractivity contribution in [1.29, 1.82) is 0 Å². The van der Waals surface area contributed by atoms with Crippen molar-refractivity contribution in [3.63, 3.8) is 0 Å². The quantitative estimate of drug-likeness (QED) is 0.552. The molecule has 3 atom stereocenters. The summed E-state index contributed by atoms with van der Waals surface area (Å²) in [5, 5.41) is 6.89. The molecule has 0 saturated carbocycles. The van der Waals surface area contributed by atoms with Crippen molar-refractivity contribution in [2.45, 2.75) is 30.8 Å². The second kappa shape index (κ2) is 9.15. The smallest absolute Gasteiger partial charge is 0.290 e. The number of hydrogen-bond donors (Lipinski definition) is 2. The van der Waals surface area contributed by atoms with Crippen LogP contribution in [0, 0.1) is 17.6 Å². The van der Waals surface area contributed by atoms with Gasteiger partial charge in [0.05, 0.1) is 19.1 Å². The van der Waals surface area contributed by atoms with Gasteiger partial charge < -0.3 is 10.8 Å². The van der Waals surface area contributed by atoms with E-state index in [-0.39, 0.29) is 36.2 Å². The summed E-state index contributed by atoms with van der Waals surface area (Å²) >= 11 is 0. The Kier molecular flexibility index (Phi) is 6.76. The molecular formula is C22H22F4N2O3. The fraction of sp³-hybridized carbons (Fsp3) is 0.364. The number of ketones is 1. The lowest BCUT2D eigenvalue weighted by Gasteiger charge is -2.43. The molecule has 166 valence electrons. The second-order valence-electron chi connectivity index (χ2n) is 7.79. The molecule has 0 radical (unpaired) electrons. The van der Waals surface area contributed by atoms with Gasteiger partial charge in [0.25, 0.3) is 12.4 Å². The van der Waals surface area contributed by atoms with Crippen LogP contribution in [0.15, 0.2) is 42.5 Å². The Bertz CT molecular complexity index is 962. The molecule has 3 N–H and O–H groups in total. The first-order valence-corrected chi connectivity index (χ1v) is 9.67. The maximum absolute atomic E-state index is 14.3. The Balaban J connectivity index is 0.000000858. The van der Waals surface area contributed by atoms with Crippen LogP contribution in [0.5, 0.6) is 0 Å². The number of alkyl halides is 2. The van der Waals surface area contributed by atoms with Crippen LogP contribution in [0.2, 0.25) is 0 Å². The third-order valence-electron chi connectivity index (χ3n) is 5.66. The number of Topliss-reactive ketones (excluding diaryl/α,β-unsaturated/α-hetero) is 1. The molecule has 4 rings (SSSR count). The standard InChI is InChI=1S/C21H20F4N2O.CH2O2/c22-14-5-6-16(17(23)9-14)20(27-10-21(24,25)11-27)18(28)8-13-7-12-3-1-2-4-15(12)19(13)26;2-1-3/h1-6,9,13,19-20H,7-8,10-11,26H2;1H,(H,2,3)/t13-,19-,20?;/m1./s1. The number of carbonyl (C=O) groups is 2. The molecule has 0 amide bonds. The van der Waals surface area contributed by atoms with E-state index in [1.165, 1.54) is 4.90 Å². The lowest BCUT2D eigenvalue weighted by molar-refractivity contribution is -0.158. The Morgan fingerprint density at radius 2 is 1.87 bits per heavy atom. The summed E-state index contributed by atoms with van der Waals surface area (Å²) in [6.45, 7) is -1.51.